The Morgan fingerprint density at radius 1 is 1.15 bits per heavy atom. The van der Waals surface area contributed by atoms with Crippen molar-refractivity contribution < 1.29 is 22.4 Å². The van der Waals surface area contributed by atoms with Crippen LogP contribution in [0.3, 0.4) is 0 Å². The van der Waals surface area contributed by atoms with E-state index in [0.29, 0.717) is 16.6 Å². The second-order valence-electron chi connectivity index (χ2n) is 6.68. The molecule has 3 aromatic rings. The molecule has 0 unspecified atom stereocenters. The van der Waals surface area contributed by atoms with Crippen molar-refractivity contribution in [3.05, 3.63) is 53.6 Å². The van der Waals surface area contributed by atoms with E-state index in [4.69, 9.17) is 0 Å². The summed E-state index contributed by atoms with van der Waals surface area (Å²) in [5, 5.41) is 0. The Morgan fingerprint density at radius 3 is 2.44 bits per heavy atom. The first kappa shape index (κ1) is 17.5. The van der Waals surface area contributed by atoms with Gasteiger partial charge >= 0.3 is 0 Å². The van der Waals surface area contributed by atoms with Gasteiger partial charge in [-0.25, -0.2) is 17.6 Å². The first-order valence-corrected chi connectivity index (χ1v) is 8.35. The summed E-state index contributed by atoms with van der Waals surface area (Å²) in [6, 6.07) is 3.44. The van der Waals surface area contributed by atoms with Crippen LogP contribution in [0.15, 0.2) is 30.6 Å². The molecule has 0 atom stereocenters. The number of hydrogen-bond donors (Lipinski definition) is 0. The number of aromatic nitrogens is 2. The molecule has 0 radical (unpaired) electrons. The Morgan fingerprint density at radius 2 is 1.81 bits per heavy atom. The number of halogens is 4. The number of carbonyl (C=O) groups is 1. The molecule has 27 heavy (non-hydrogen) atoms. The quantitative estimate of drug-likeness (QED) is 0.517. The molecule has 1 aromatic carbocycles. The summed E-state index contributed by atoms with van der Waals surface area (Å²) >= 11 is 0. The Hall–Kier alpha value is -2.90. The normalized spacial score (nSPS) is 14.6. The van der Waals surface area contributed by atoms with Crippen LogP contribution in [0, 0.1) is 24.4 Å². The predicted molar refractivity (Wildman–Crippen MR) is 91.3 cm³/mol. The maximum absolute atomic E-state index is 13.5. The minimum Gasteiger partial charge on any atom is -0.336 e. The molecule has 1 fully saturated rings. The molecule has 1 saturated heterocycles. The van der Waals surface area contributed by atoms with Gasteiger partial charge in [-0.3, -0.25) is 9.78 Å². The molecule has 2 aromatic heterocycles. The summed E-state index contributed by atoms with van der Waals surface area (Å²) in [6.45, 7) is 2.02. The molecule has 0 N–H and O–H groups in total. The van der Waals surface area contributed by atoms with E-state index in [0.717, 1.165) is 17.7 Å². The fourth-order valence-electron chi connectivity index (χ4n) is 3.23. The smallest absolute Gasteiger partial charge is 0.242 e. The Bertz CT molecular complexity index is 1030. The summed E-state index contributed by atoms with van der Waals surface area (Å²) in [7, 11) is 0. The SMILES string of the molecule is Cc1cn(CC(=O)N2CC(F)C2)c2cc(-c3cc(F)c(F)c(F)c3)cnc12. The van der Waals surface area contributed by atoms with Gasteiger partial charge < -0.3 is 9.47 Å². The van der Waals surface area contributed by atoms with Crippen molar-refractivity contribution in [3.63, 3.8) is 0 Å². The van der Waals surface area contributed by atoms with E-state index >= 15 is 0 Å². The van der Waals surface area contributed by atoms with Crippen LogP contribution in [-0.4, -0.2) is 39.6 Å². The van der Waals surface area contributed by atoms with Crippen LogP contribution in [0.25, 0.3) is 22.2 Å². The average Bonchev–Trinajstić information content (AvgIpc) is 2.91. The Kier molecular flexibility index (Phi) is 4.13. The minimum absolute atomic E-state index is 0.00827. The monoisotopic (exact) mass is 377 g/mol. The van der Waals surface area contributed by atoms with E-state index < -0.39 is 23.6 Å². The van der Waals surface area contributed by atoms with Crippen LogP contribution >= 0.6 is 0 Å². The molecule has 1 aliphatic rings. The predicted octanol–water partition coefficient (Wildman–Crippen LogP) is 3.61. The fourth-order valence-corrected chi connectivity index (χ4v) is 3.23. The lowest BCUT2D eigenvalue weighted by molar-refractivity contribution is -0.138. The number of alkyl halides is 1. The topological polar surface area (TPSA) is 38.1 Å². The van der Waals surface area contributed by atoms with Crippen molar-refractivity contribution in [1.82, 2.24) is 14.5 Å². The zero-order valence-electron chi connectivity index (χ0n) is 14.3. The lowest BCUT2D eigenvalue weighted by Crippen LogP contribution is -2.52. The number of carbonyl (C=O) groups excluding carboxylic acids is 1. The molecule has 4 rings (SSSR count). The van der Waals surface area contributed by atoms with Crippen molar-refractivity contribution >= 4 is 16.9 Å². The number of fused-ring (bicyclic) bond motifs is 1. The number of nitrogens with zero attached hydrogens (tertiary/aromatic N) is 3. The fraction of sp³-hybridized carbons (Fsp3) is 0.263. The molecule has 0 spiro atoms. The van der Waals surface area contributed by atoms with Crippen molar-refractivity contribution in [2.75, 3.05) is 13.1 Å². The van der Waals surface area contributed by atoms with Crippen molar-refractivity contribution in [3.8, 4) is 11.1 Å². The van der Waals surface area contributed by atoms with Gasteiger partial charge in [0.1, 0.15) is 12.7 Å². The molecular formula is C19H15F4N3O. The first-order valence-electron chi connectivity index (χ1n) is 8.35. The van der Waals surface area contributed by atoms with Crippen molar-refractivity contribution in [2.45, 2.75) is 19.6 Å². The highest BCUT2D eigenvalue weighted by atomic mass is 19.2. The highest BCUT2D eigenvalue weighted by Gasteiger charge is 2.30. The van der Waals surface area contributed by atoms with Gasteiger partial charge in [-0.1, -0.05) is 0 Å². The van der Waals surface area contributed by atoms with Gasteiger partial charge in [-0.05, 0) is 36.2 Å². The molecule has 4 nitrogen and oxygen atoms in total. The van der Waals surface area contributed by atoms with E-state index in [1.807, 2.05) is 6.92 Å². The van der Waals surface area contributed by atoms with E-state index in [2.05, 4.69) is 4.98 Å². The third-order valence-electron chi connectivity index (χ3n) is 4.71. The number of pyridine rings is 1. The van der Waals surface area contributed by atoms with Gasteiger partial charge in [-0.2, -0.15) is 0 Å². The maximum atomic E-state index is 13.5. The summed E-state index contributed by atoms with van der Waals surface area (Å²) < 4.78 is 54.9. The number of hydrogen-bond acceptors (Lipinski definition) is 2. The van der Waals surface area contributed by atoms with Gasteiger partial charge in [0.15, 0.2) is 17.5 Å². The van der Waals surface area contributed by atoms with Crippen LogP contribution in [-0.2, 0) is 11.3 Å². The van der Waals surface area contributed by atoms with Gasteiger partial charge in [-0.15, -0.1) is 0 Å². The van der Waals surface area contributed by atoms with Crippen LogP contribution in [0.2, 0.25) is 0 Å². The summed E-state index contributed by atoms with van der Waals surface area (Å²) in [5.74, 6) is -4.32. The minimum atomic E-state index is -1.53. The number of likely N-dealkylation sites (tertiary alicyclic amines) is 1. The largest absolute Gasteiger partial charge is 0.336 e. The van der Waals surface area contributed by atoms with Gasteiger partial charge in [0, 0.05) is 18.0 Å². The third-order valence-corrected chi connectivity index (χ3v) is 4.71. The standard InChI is InChI=1S/C19H15F4N3O/c1-10-6-25(9-17(27)26-7-13(20)8-26)16-4-12(5-24-19(10)16)11-2-14(21)18(23)15(22)3-11/h2-6,13H,7-9H2,1H3. The Labute approximate surface area is 152 Å². The van der Waals surface area contributed by atoms with Crippen LogP contribution in [0.1, 0.15) is 5.56 Å². The van der Waals surface area contributed by atoms with E-state index in [9.17, 15) is 22.4 Å². The molecular weight excluding hydrogens is 362 g/mol. The Balaban J connectivity index is 1.72. The third kappa shape index (κ3) is 3.05. The van der Waals surface area contributed by atoms with Crippen LogP contribution in [0.4, 0.5) is 17.6 Å². The van der Waals surface area contributed by atoms with E-state index in [1.54, 1.807) is 16.8 Å². The number of rotatable bonds is 3. The lowest BCUT2D eigenvalue weighted by Gasteiger charge is -2.34. The molecule has 140 valence electrons. The number of benzene rings is 1. The van der Waals surface area contributed by atoms with E-state index in [-0.39, 0.29) is 31.1 Å². The second kappa shape index (κ2) is 6.37. The lowest BCUT2D eigenvalue weighted by atomic mass is 10.1. The summed E-state index contributed by atoms with van der Waals surface area (Å²) in [4.78, 5) is 18.0. The van der Waals surface area contributed by atoms with Gasteiger partial charge in [0.05, 0.1) is 24.1 Å². The second-order valence-corrected chi connectivity index (χ2v) is 6.68. The summed E-state index contributed by atoms with van der Waals surface area (Å²) in [5.41, 5.74) is 2.59. The first-order chi connectivity index (χ1) is 12.8. The van der Waals surface area contributed by atoms with Crippen LogP contribution < -0.4 is 0 Å². The maximum Gasteiger partial charge on any atom is 0.242 e. The molecule has 0 bridgehead atoms. The molecule has 1 aliphatic heterocycles. The van der Waals surface area contributed by atoms with Gasteiger partial charge in [0.25, 0.3) is 0 Å². The summed E-state index contributed by atoms with van der Waals surface area (Å²) in [6.07, 6.45) is 2.21. The highest BCUT2D eigenvalue weighted by molar-refractivity contribution is 5.86. The van der Waals surface area contributed by atoms with Crippen LogP contribution in [0.5, 0.6) is 0 Å². The zero-order chi connectivity index (χ0) is 19.3. The molecule has 1 amide bonds. The van der Waals surface area contributed by atoms with Crippen molar-refractivity contribution in [2.24, 2.45) is 0 Å². The zero-order valence-corrected chi connectivity index (χ0v) is 14.3. The molecule has 0 aliphatic carbocycles. The molecule has 8 heteroatoms. The average molecular weight is 377 g/mol. The molecule has 3 heterocycles. The van der Waals surface area contributed by atoms with Gasteiger partial charge in [0.2, 0.25) is 5.91 Å². The number of amides is 1. The highest BCUT2D eigenvalue weighted by Crippen LogP contribution is 2.28. The number of aryl methyl sites for hydroxylation is 1. The van der Waals surface area contributed by atoms with E-state index in [1.165, 1.54) is 11.1 Å². The molecule has 0 saturated carbocycles. The van der Waals surface area contributed by atoms with Crippen molar-refractivity contribution in [1.29, 1.82) is 0 Å².